The van der Waals surface area contributed by atoms with Crippen molar-refractivity contribution in [3.8, 4) is 0 Å². The molecular weight excluding hydrogens is 432 g/mol. The number of hydrogen-bond donors (Lipinski definition) is 0. The van der Waals surface area contributed by atoms with Gasteiger partial charge in [-0.2, -0.15) is 0 Å². The average molecular weight is 465 g/mol. The van der Waals surface area contributed by atoms with Crippen LogP contribution in [0.3, 0.4) is 0 Å². The van der Waals surface area contributed by atoms with Gasteiger partial charge in [-0.3, -0.25) is 0 Å². The molecule has 1 aromatic heterocycles. The standard InChI is InChI=1S/C24H31N6.CH2O3/c1-19(2)24-29(25-17-20-7-11-22(12-8-20)27(3)4)15-16-30(24)26-18-21-9-13-23(14-10-21)28(5)6;2-1(3)4/h7-19H,1-6H3;(H2,2,3,4)/q+1;/p-1/b25-17+,26-18+;. The first-order chi connectivity index (χ1) is 16.1. The van der Waals surface area contributed by atoms with Gasteiger partial charge in [0.25, 0.3) is 0 Å². The van der Waals surface area contributed by atoms with Crippen LogP contribution in [0.5, 0.6) is 0 Å². The molecule has 0 N–H and O–H groups in total. The maximum Gasteiger partial charge on any atom is 1.00 e. The monoisotopic (exact) mass is 464 g/mol. The van der Waals surface area contributed by atoms with Crippen LogP contribution in [-0.2, 0) is 0 Å². The first-order valence-electron chi connectivity index (χ1n) is 10.7. The molecule has 3 aromatic rings. The fourth-order valence-electron chi connectivity index (χ4n) is 3.08. The second-order valence-electron chi connectivity index (χ2n) is 8.21. The van der Waals surface area contributed by atoms with E-state index in [1.54, 1.807) is 0 Å². The number of hydrogen-bond acceptors (Lipinski definition) is 7. The number of rotatable bonds is 7. The minimum absolute atomic E-state index is 0. The Hall–Kier alpha value is -4.14. The number of nitrogens with zero attached hydrogens (tertiary/aromatic N) is 6. The zero-order valence-electron chi connectivity index (χ0n) is 21.4. The van der Waals surface area contributed by atoms with E-state index in [1.165, 1.54) is 11.4 Å². The molecule has 0 aliphatic carbocycles. The van der Waals surface area contributed by atoms with Gasteiger partial charge in [0.1, 0.15) is 0 Å². The third-order valence-corrected chi connectivity index (χ3v) is 4.82. The van der Waals surface area contributed by atoms with Crippen LogP contribution in [0, 0.1) is 0 Å². The Labute approximate surface area is 202 Å². The van der Waals surface area contributed by atoms with E-state index in [9.17, 15) is 0 Å². The van der Waals surface area contributed by atoms with Gasteiger partial charge in [0.2, 0.25) is 0 Å². The Morgan fingerprint density at radius 3 is 1.76 bits per heavy atom. The molecule has 0 amide bonds. The molecule has 0 unspecified atom stereocenters. The van der Waals surface area contributed by atoms with E-state index in [-0.39, 0.29) is 7.34 Å². The maximum atomic E-state index is 8.33. The van der Waals surface area contributed by atoms with Crippen molar-refractivity contribution < 1.29 is 21.1 Å². The zero-order valence-corrected chi connectivity index (χ0v) is 20.4. The molecule has 0 fully saturated rings. The third kappa shape index (κ3) is 7.77. The first kappa shape index (κ1) is 26.1. The summed E-state index contributed by atoms with van der Waals surface area (Å²) in [5, 5.41) is 26.0. The van der Waals surface area contributed by atoms with Crippen LogP contribution in [0.2, 0.25) is 0 Å². The Bertz CT molecular complexity index is 1040. The van der Waals surface area contributed by atoms with Gasteiger partial charge >= 0.3 is 7.25 Å². The van der Waals surface area contributed by atoms with Gasteiger partial charge in [0.15, 0.2) is 12.4 Å². The van der Waals surface area contributed by atoms with E-state index in [0.717, 1.165) is 17.0 Å². The van der Waals surface area contributed by atoms with E-state index in [4.69, 9.17) is 15.0 Å². The van der Waals surface area contributed by atoms with Crippen LogP contribution in [0.25, 0.3) is 0 Å². The summed E-state index contributed by atoms with van der Waals surface area (Å²) >= 11 is 0. The van der Waals surface area contributed by atoms with E-state index in [1.807, 2.05) is 62.4 Å². The summed E-state index contributed by atoms with van der Waals surface area (Å²) in [6, 6.07) is 16.6. The number of imidazole rings is 1. The number of carbonyl (C=O) groups excluding carboxylic acids is 1. The molecule has 180 valence electrons. The average Bonchev–Trinajstić information content (AvgIpc) is 3.19. The highest BCUT2D eigenvalue weighted by molar-refractivity contribution is 5.80. The lowest BCUT2D eigenvalue weighted by Crippen LogP contribution is -2.37. The van der Waals surface area contributed by atoms with Crippen LogP contribution < -0.4 is 24.7 Å². The van der Waals surface area contributed by atoms with Gasteiger partial charge in [-0.25, -0.2) is 0 Å². The number of aromatic nitrogens is 2. The van der Waals surface area contributed by atoms with Crippen LogP contribution >= 0.6 is 0 Å². The molecule has 1 heterocycles. The SMILES string of the molecule is CC(C)c1n(/N=C/c2ccc(N(C)C)cc2)cc[n+]1/N=C/c1ccc(N(C)C)cc1.O=C([O-])[O-].[H+]. The van der Waals surface area contributed by atoms with Gasteiger partial charge in [0.05, 0.1) is 18.3 Å². The summed E-state index contributed by atoms with van der Waals surface area (Å²) in [5.41, 5.74) is 4.45. The highest BCUT2D eigenvalue weighted by Crippen LogP contribution is 2.13. The Morgan fingerprint density at radius 2 is 1.35 bits per heavy atom. The fraction of sp³-hybridized carbons (Fsp3) is 0.280. The lowest BCUT2D eigenvalue weighted by molar-refractivity contribution is -0.686. The molecule has 0 spiro atoms. The van der Waals surface area contributed by atoms with Crippen LogP contribution in [0.4, 0.5) is 16.2 Å². The summed E-state index contributed by atoms with van der Waals surface area (Å²) in [6.45, 7) is 4.29. The summed E-state index contributed by atoms with van der Waals surface area (Å²) in [5.74, 6) is 1.28. The van der Waals surface area contributed by atoms with Gasteiger partial charge in [-0.1, -0.05) is 48.3 Å². The smallest absolute Gasteiger partial charge is 0.652 e. The number of carboxylic acid groups (broad SMARTS) is 2. The number of carbonyl (C=O) groups is 1. The van der Waals surface area contributed by atoms with Gasteiger partial charge in [-0.15, -0.1) is 9.35 Å². The summed E-state index contributed by atoms with van der Waals surface area (Å²) in [6.07, 6.45) is 5.29. The number of anilines is 2. The van der Waals surface area contributed by atoms with E-state index < -0.39 is 6.16 Å². The van der Waals surface area contributed by atoms with Crippen molar-refractivity contribution in [3.05, 3.63) is 77.9 Å². The molecule has 0 saturated carbocycles. The molecule has 0 radical (unpaired) electrons. The van der Waals surface area contributed by atoms with E-state index in [2.05, 4.69) is 82.4 Å². The topological polar surface area (TPSA) is 103 Å². The van der Waals surface area contributed by atoms with Crippen LogP contribution in [0.15, 0.2) is 71.1 Å². The normalized spacial score (nSPS) is 11.0. The molecular formula is C25H32N6O3. The van der Waals surface area contributed by atoms with Crippen molar-refractivity contribution in [2.24, 2.45) is 10.2 Å². The Morgan fingerprint density at radius 1 is 0.912 bits per heavy atom. The second-order valence-corrected chi connectivity index (χ2v) is 8.21. The van der Waals surface area contributed by atoms with E-state index in [0.29, 0.717) is 0 Å². The quantitative estimate of drug-likeness (QED) is 0.389. The van der Waals surface area contributed by atoms with Crippen molar-refractivity contribution in [2.75, 3.05) is 38.0 Å². The predicted molar refractivity (Wildman–Crippen MR) is 133 cm³/mol. The summed E-state index contributed by atoms with van der Waals surface area (Å²) in [7, 11) is 8.14. The summed E-state index contributed by atoms with van der Waals surface area (Å²) in [4.78, 5) is 12.5. The van der Waals surface area contributed by atoms with Crippen LogP contribution in [-0.4, -0.2) is 51.5 Å². The van der Waals surface area contributed by atoms with Crippen molar-refractivity contribution in [3.63, 3.8) is 0 Å². The van der Waals surface area contributed by atoms with Gasteiger partial charge < -0.3 is 24.8 Å². The Kier molecular flexibility index (Phi) is 9.37. The molecule has 0 saturated heterocycles. The molecule has 2 aromatic carbocycles. The Balaban J connectivity index is 0.00000114. The van der Waals surface area contributed by atoms with Crippen molar-refractivity contribution in [1.29, 1.82) is 0 Å². The number of benzene rings is 2. The van der Waals surface area contributed by atoms with Crippen molar-refractivity contribution in [2.45, 2.75) is 19.8 Å². The molecule has 34 heavy (non-hydrogen) atoms. The van der Waals surface area contributed by atoms with Gasteiger partial charge in [0, 0.05) is 39.6 Å². The molecule has 0 atom stereocenters. The fourth-order valence-corrected chi connectivity index (χ4v) is 3.08. The molecule has 0 aliphatic heterocycles. The lowest BCUT2D eigenvalue weighted by Gasteiger charge is -2.11. The third-order valence-electron chi connectivity index (χ3n) is 4.82. The van der Waals surface area contributed by atoms with Gasteiger partial charge in [-0.05, 0) is 41.5 Å². The highest BCUT2D eigenvalue weighted by atomic mass is 16.6. The van der Waals surface area contributed by atoms with Crippen molar-refractivity contribution in [1.82, 2.24) is 4.68 Å². The maximum absolute atomic E-state index is 8.33. The molecule has 9 nitrogen and oxygen atoms in total. The van der Waals surface area contributed by atoms with Crippen LogP contribution in [0.1, 0.15) is 38.1 Å². The summed E-state index contributed by atoms with van der Waals surface area (Å²) < 4.78 is 3.77. The highest BCUT2D eigenvalue weighted by Gasteiger charge is 2.20. The minimum atomic E-state index is -2.33. The second kappa shape index (κ2) is 12.2. The zero-order chi connectivity index (χ0) is 25.3. The van der Waals surface area contributed by atoms with E-state index >= 15 is 0 Å². The minimum Gasteiger partial charge on any atom is -0.652 e. The van der Waals surface area contributed by atoms with Crippen molar-refractivity contribution >= 4 is 30.0 Å². The molecule has 9 heteroatoms. The molecule has 0 bridgehead atoms. The predicted octanol–water partition coefficient (Wildman–Crippen LogP) is 1.46. The largest absolute Gasteiger partial charge is 1.00 e. The molecule has 0 aliphatic rings. The lowest BCUT2D eigenvalue weighted by atomic mass is 10.2. The first-order valence-corrected chi connectivity index (χ1v) is 10.7. The molecule has 3 rings (SSSR count).